The maximum Gasteiger partial charge on any atom is 0.416 e. The van der Waals surface area contributed by atoms with Crippen LogP contribution in [0.5, 0.6) is 0 Å². The molecule has 0 aliphatic heterocycles. The number of nitrogens with zero attached hydrogens (tertiary/aromatic N) is 5. The fourth-order valence-corrected chi connectivity index (χ4v) is 2.05. The van der Waals surface area contributed by atoms with Crippen molar-refractivity contribution in [3.05, 3.63) is 53.3 Å². The van der Waals surface area contributed by atoms with E-state index < -0.39 is 11.7 Å². The minimum atomic E-state index is -4.40. The molecule has 110 valence electrons. The largest absolute Gasteiger partial charge is 0.416 e. The van der Waals surface area contributed by atoms with E-state index in [-0.39, 0.29) is 5.82 Å². The molecule has 2 heterocycles. The lowest BCUT2D eigenvalue weighted by atomic mass is 10.1. The number of aromatic nitrogens is 4. The maximum atomic E-state index is 12.6. The molecule has 0 saturated heterocycles. The fourth-order valence-electron chi connectivity index (χ4n) is 2.05. The Morgan fingerprint density at radius 3 is 2.41 bits per heavy atom. The summed E-state index contributed by atoms with van der Waals surface area (Å²) in [5.41, 5.74) is 0.412. The van der Waals surface area contributed by atoms with E-state index in [1.54, 1.807) is 6.92 Å². The number of alkyl halides is 3. The van der Waals surface area contributed by atoms with Crippen LogP contribution in [0, 0.1) is 13.5 Å². The molecule has 0 atom stereocenters. The van der Waals surface area contributed by atoms with Gasteiger partial charge in [-0.3, -0.25) is 0 Å². The second kappa shape index (κ2) is 4.80. The number of aryl methyl sites for hydroxylation is 1. The van der Waals surface area contributed by atoms with Crippen LogP contribution < -0.4 is 0 Å². The van der Waals surface area contributed by atoms with Gasteiger partial charge in [0.1, 0.15) is 5.82 Å². The molecule has 8 heteroatoms. The van der Waals surface area contributed by atoms with Crippen molar-refractivity contribution in [2.24, 2.45) is 0 Å². The normalized spacial score (nSPS) is 11.6. The minimum Gasteiger partial charge on any atom is -0.359 e. The second-order valence-electron chi connectivity index (χ2n) is 4.56. The van der Waals surface area contributed by atoms with Gasteiger partial charge < -0.3 is 4.85 Å². The molecule has 2 aromatic heterocycles. The van der Waals surface area contributed by atoms with Crippen LogP contribution in [0.1, 0.15) is 11.4 Å². The lowest BCUT2D eigenvalue weighted by molar-refractivity contribution is -0.137. The molecular formula is C14H8F3N5. The molecule has 0 spiro atoms. The van der Waals surface area contributed by atoms with Gasteiger partial charge >= 0.3 is 6.18 Å². The molecule has 0 N–H and O–H groups in total. The van der Waals surface area contributed by atoms with E-state index in [2.05, 4.69) is 19.9 Å². The molecule has 1 aromatic carbocycles. The first-order valence-corrected chi connectivity index (χ1v) is 6.17. The highest BCUT2D eigenvalue weighted by molar-refractivity contribution is 5.75. The molecule has 0 aliphatic rings. The molecule has 0 radical (unpaired) electrons. The molecule has 0 fully saturated rings. The van der Waals surface area contributed by atoms with Crippen molar-refractivity contribution in [2.75, 3.05) is 0 Å². The highest BCUT2D eigenvalue weighted by Crippen LogP contribution is 2.31. The van der Waals surface area contributed by atoms with Gasteiger partial charge in [0, 0.05) is 5.56 Å². The lowest BCUT2D eigenvalue weighted by Crippen LogP contribution is -2.04. The zero-order valence-electron chi connectivity index (χ0n) is 11.3. The Labute approximate surface area is 122 Å². The number of benzene rings is 1. The SMILES string of the molecule is [C-]#[N+]c1cn2nc(C)nc2c(-c2ccc(C(F)(F)F)cc2)n1. The van der Waals surface area contributed by atoms with E-state index in [4.69, 9.17) is 6.57 Å². The van der Waals surface area contributed by atoms with E-state index >= 15 is 0 Å². The van der Waals surface area contributed by atoms with Crippen molar-refractivity contribution in [3.8, 4) is 11.3 Å². The van der Waals surface area contributed by atoms with E-state index in [9.17, 15) is 13.2 Å². The number of halogens is 3. The van der Waals surface area contributed by atoms with Crippen molar-refractivity contribution in [2.45, 2.75) is 13.1 Å². The summed E-state index contributed by atoms with van der Waals surface area (Å²) < 4.78 is 39.3. The van der Waals surface area contributed by atoms with Gasteiger partial charge in [-0.1, -0.05) is 6.57 Å². The summed E-state index contributed by atoms with van der Waals surface area (Å²) in [7, 11) is 0. The van der Waals surface area contributed by atoms with Gasteiger partial charge in [0.2, 0.25) is 11.3 Å². The smallest absolute Gasteiger partial charge is 0.359 e. The van der Waals surface area contributed by atoms with Crippen molar-refractivity contribution in [1.82, 2.24) is 19.6 Å². The van der Waals surface area contributed by atoms with Crippen LogP contribution in [0.4, 0.5) is 19.0 Å². The van der Waals surface area contributed by atoms with Crippen LogP contribution in [0.25, 0.3) is 21.7 Å². The highest BCUT2D eigenvalue weighted by Gasteiger charge is 2.30. The first kappa shape index (κ1) is 14.0. The predicted molar refractivity (Wildman–Crippen MR) is 72.2 cm³/mol. The maximum absolute atomic E-state index is 12.6. The molecule has 3 aromatic rings. The average Bonchev–Trinajstić information content (AvgIpc) is 2.85. The first-order valence-electron chi connectivity index (χ1n) is 6.17. The van der Waals surface area contributed by atoms with Gasteiger partial charge in [-0.25, -0.2) is 9.50 Å². The summed E-state index contributed by atoms with van der Waals surface area (Å²) in [5.74, 6) is 0.574. The van der Waals surface area contributed by atoms with Gasteiger partial charge in [0.15, 0.2) is 0 Å². The van der Waals surface area contributed by atoms with E-state index in [0.717, 1.165) is 12.1 Å². The fraction of sp³-hybridized carbons (Fsp3) is 0.143. The van der Waals surface area contributed by atoms with E-state index in [0.29, 0.717) is 22.7 Å². The van der Waals surface area contributed by atoms with Gasteiger partial charge in [0.05, 0.1) is 11.8 Å². The monoisotopic (exact) mass is 303 g/mol. The molecule has 0 unspecified atom stereocenters. The summed E-state index contributed by atoms with van der Waals surface area (Å²) in [5, 5.41) is 4.11. The van der Waals surface area contributed by atoms with Crippen molar-refractivity contribution in [3.63, 3.8) is 0 Å². The van der Waals surface area contributed by atoms with Crippen LogP contribution >= 0.6 is 0 Å². The third kappa shape index (κ3) is 2.37. The van der Waals surface area contributed by atoms with E-state index in [1.165, 1.54) is 22.8 Å². The summed E-state index contributed by atoms with van der Waals surface area (Å²) in [4.78, 5) is 11.6. The summed E-state index contributed by atoms with van der Waals surface area (Å²) in [6.45, 7) is 8.73. The molecule has 22 heavy (non-hydrogen) atoms. The van der Waals surface area contributed by atoms with Crippen LogP contribution in [0.2, 0.25) is 0 Å². The molecule has 3 rings (SSSR count). The first-order chi connectivity index (χ1) is 10.4. The zero-order valence-corrected chi connectivity index (χ0v) is 11.3. The molecular weight excluding hydrogens is 295 g/mol. The zero-order chi connectivity index (χ0) is 15.9. The summed E-state index contributed by atoms with van der Waals surface area (Å²) in [6.07, 6.45) is -2.97. The number of fused-ring (bicyclic) bond motifs is 1. The van der Waals surface area contributed by atoms with Crippen LogP contribution in [0.3, 0.4) is 0 Å². The standard InChI is InChI=1S/C14H8F3N5/c1-8-19-13-12(20-11(18-2)7-22(13)21-8)9-3-5-10(6-4-9)14(15,16)17/h3-7H,1H3. The quantitative estimate of drug-likeness (QED) is 0.644. The average molecular weight is 303 g/mol. The van der Waals surface area contributed by atoms with Crippen molar-refractivity contribution < 1.29 is 13.2 Å². The number of rotatable bonds is 1. The Kier molecular flexibility index (Phi) is 3.06. The van der Waals surface area contributed by atoms with Gasteiger partial charge in [0.25, 0.3) is 5.82 Å². The Balaban J connectivity index is 2.19. The van der Waals surface area contributed by atoms with Crippen LogP contribution in [-0.2, 0) is 6.18 Å². The van der Waals surface area contributed by atoms with Crippen molar-refractivity contribution in [1.29, 1.82) is 0 Å². The molecule has 0 saturated carbocycles. The minimum absolute atomic E-state index is 0.0901. The lowest BCUT2D eigenvalue weighted by Gasteiger charge is -2.06. The molecule has 5 nitrogen and oxygen atoms in total. The Morgan fingerprint density at radius 2 is 1.82 bits per heavy atom. The Bertz CT molecular complexity index is 888. The molecule has 0 bridgehead atoms. The Hall–Kier alpha value is -2.95. The summed E-state index contributed by atoms with van der Waals surface area (Å²) in [6, 6.07) is 4.56. The van der Waals surface area contributed by atoms with Crippen LogP contribution in [-0.4, -0.2) is 19.6 Å². The van der Waals surface area contributed by atoms with Gasteiger partial charge in [-0.2, -0.15) is 18.3 Å². The van der Waals surface area contributed by atoms with Crippen LogP contribution in [0.15, 0.2) is 30.5 Å². The van der Waals surface area contributed by atoms with Gasteiger partial charge in [-0.15, -0.1) is 4.98 Å². The topological polar surface area (TPSA) is 47.4 Å². The number of hydrogen-bond donors (Lipinski definition) is 0. The van der Waals surface area contributed by atoms with E-state index in [1.807, 2.05) is 0 Å². The number of hydrogen-bond acceptors (Lipinski definition) is 3. The third-order valence-corrected chi connectivity index (χ3v) is 3.01. The van der Waals surface area contributed by atoms with Gasteiger partial charge in [-0.05, 0) is 31.2 Å². The second-order valence-corrected chi connectivity index (χ2v) is 4.56. The summed E-state index contributed by atoms with van der Waals surface area (Å²) >= 11 is 0. The van der Waals surface area contributed by atoms with Crippen molar-refractivity contribution >= 4 is 11.5 Å². The predicted octanol–water partition coefficient (Wildman–Crippen LogP) is 3.67. The Morgan fingerprint density at radius 1 is 1.14 bits per heavy atom. The molecule has 0 amide bonds. The third-order valence-electron chi connectivity index (χ3n) is 3.01. The highest BCUT2D eigenvalue weighted by atomic mass is 19.4. The molecule has 0 aliphatic carbocycles.